The van der Waals surface area contributed by atoms with Crippen LogP contribution in [-0.4, -0.2) is 54.6 Å². The molecular formula is C27H33N3O7. The van der Waals surface area contributed by atoms with Crippen LogP contribution in [0.4, 0.5) is 5.69 Å². The van der Waals surface area contributed by atoms with E-state index in [-0.39, 0.29) is 48.5 Å². The largest absolute Gasteiger partial charge is 0.463 e. The molecule has 1 amide bonds. The summed E-state index contributed by atoms with van der Waals surface area (Å²) in [6.07, 6.45) is 4.11. The number of hydrogen-bond donors (Lipinski definition) is 2. The molecule has 0 bridgehead atoms. The Bertz CT molecular complexity index is 1180. The van der Waals surface area contributed by atoms with Crippen molar-refractivity contribution >= 4 is 29.5 Å². The first-order valence-corrected chi connectivity index (χ1v) is 12.8. The molecule has 3 N–H and O–H groups in total. The molecule has 10 nitrogen and oxygen atoms in total. The number of anilines is 1. The highest BCUT2D eigenvalue weighted by molar-refractivity contribution is 6.23. The van der Waals surface area contributed by atoms with Crippen LogP contribution in [0.2, 0.25) is 0 Å². The van der Waals surface area contributed by atoms with Crippen LogP contribution in [0.5, 0.6) is 0 Å². The van der Waals surface area contributed by atoms with Crippen LogP contribution in [0.3, 0.4) is 0 Å². The summed E-state index contributed by atoms with van der Waals surface area (Å²) in [6.45, 7) is 4.93. The first-order chi connectivity index (χ1) is 17.8. The van der Waals surface area contributed by atoms with Gasteiger partial charge in [0.05, 0.1) is 25.4 Å². The number of nitrogens with zero attached hydrogens (tertiary/aromatic N) is 1. The Morgan fingerprint density at radius 3 is 2.11 bits per heavy atom. The maximum absolute atomic E-state index is 14.0. The fraction of sp³-hybridized carbons (Fsp3) is 0.481. The lowest BCUT2D eigenvalue weighted by molar-refractivity contribution is -0.146. The van der Waals surface area contributed by atoms with Gasteiger partial charge in [-0.05, 0) is 39.7 Å². The maximum atomic E-state index is 14.0. The third-order valence-corrected chi connectivity index (χ3v) is 7.03. The third-order valence-electron chi connectivity index (χ3n) is 7.03. The van der Waals surface area contributed by atoms with Crippen LogP contribution in [0.25, 0.3) is 0 Å². The molecule has 3 aliphatic rings. The minimum Gasteiger partial charge on any atom is -0.463 e. The number of fused-ring (bicyclic) bond motifs is 2. The van der Waals surface area contributed by atoms with Crippen molar-refractivity contribution < 1.29 is 33.4 Å². The molecule has 1 aromatic carbocycles. The van der Waals surface area contributed by atoms with E-state index in [2.05, 4.69) is 5.32 Å². The Kier molecular flexibility index (Phi) is 7.56. The number of carbonyl (C=O) groups is 4. The van der Waals surface area contributed by atoms with Crippen LogP contribution in [0.15, 0.2) is 46.9 Å². The number of rotatable bonds is 7. The fourth-order valence-electron chi connectivity index (χ4n) is 5.64. The Balaban J connectivity index is 2.15. The molecule has 0 radical (unpaired) electrons. The van der Waals surface area contributed by atoms with Crippen molar-refractivity contribution in [3.05, 3.63) is 52.5 Å². The van der Waals surface area contributed by atoms with E-state index in [1.165, 1.54) is 4.90 Å². The molecule has 198 valence electrons. The number of carbonyl (C=O) groups excluding carboxylic acids is 4. The lowest BCUT2D eigenvalue weighted by atomic mass is 9.66. The van der Waals surface area contributed by atoms with Crippen LogP contribution in [-0.2, 0) is 38.8 Å². The average molecular weight is 512 g/mol. The Labute approximate surface area is 215 Å². The Hall–Kier alpha value is -3.82. The number of para-hydroxylation sites is 1. The zero-order chi connectivity index (χ0) is 26.7. The highest BCUT2D eigenvalue weighted by Crippen LogP contribution is 2.54. The van der Waals surface area contributed by atoms with Gasteiger partial charge in [0.1, 0.15) is 22.5 Å². The van der Waals surface area contributed by atoms with Gasteiger partial charge in [0.15, 0.2) is 0 Å². The monoisotopic (exact) mass is 511 g/mol. The van der Waals surface area contributed by atoms with Gasteiger partial charge in [-0.3, -0.25) is 4.79 Å². The number of hydrogen-bond acceptors (Lipinski definition) is 9. The molecule has 10 heteroatoms. The molecule has 1 unspecified atom stereocenters. The average Bonchev–Trinajstić information content (AvgIpc) is 3.16. The molecule has 1 atom stereocenters. The molecule has 1 saturated carbocycles. The molecule has 1 aliphatic carbocycles. The quantitative estimate of drug-likeness (QED) is 0.418. The number of benzene rings is 1. The lowest BCUT2D eigenvalue weighted by Gasteiger charge is -2.45. The summed E-state index contributed by atoms with van der Waals surface area (Å²) in [5, 5.41) is 2.77. The van der Waals surface area contributed by atoms with Gasteiger partial charge in [-0.25, -0.2) is 14.4 Å². The topological polar surface area (TPSA) is 137 Å². The number of ether oxygens (including phenoxy) is 3. The number of amides is 1. The van der Waals surface area contributed by atoms with Crippen molar-refractivity contribution in [2.24, 2.45) is 5.73 Å². The van der Waals surface area contributed by atoms with Gasteiger partial charge in [0.25, 0.3) is 0 Å². The van der Waals surface area contributed by atoms with Gasteiger partial charge in [0, 0.05) is 17.3 Å². The zero-order valence-corrected chi connectivity index (χ0v) is 21.4. The standard InChI is InChI=1S/C27H33N3O7/c1-4-35-23(31)19-21(25(33)37-6-3)30(16-12-8-7-9-13-16)22(28)20(24(32)36-5-2)27(19)17-14-10-11-15-18(17)29-26(27)34/h10-11,14-16H,4-9,12-13,28H2,1-3H3,(H,29,34). The van der Waals surface area contributed by atoms with E-state index < -0.39 is 29.2 Å². The normalized spacial score (nSPS) is 21.6. The van der Waals surface area contributed by atoms with Gasteiger partial charge in [-0.15, -0.1) is 0 Å². The van der Waals surface area contributed by atoms with E-state index in [1.807, 2.05) is 0 Å². The van der Waals surface area contributed by atoms with Crippen LogP contribution in [0, 0.1) is 0 Å². The molecule has 1 spiro atoms. The highest BCUT2D eigenvalue weighted by atomic mass is 16.5. The van der Waals surface area contributed by atoms with E-state index in [0.717, 1.165) is 19.3 Å². The van der Waals surface area contributed by atoms with Gasteiger partial charge >= 0.3 is 17.9 Å². The van der Waals surface area contributed by atoms with Crippen LogP contribution >= 0.6 is 0 Å². The fourth-order valence-corrected chi connectivity index (χ4v) is 5.64. The van der Waals surface area contributed by atoms with Gasteiger partial charge < -0.3 is 30.2 Å². The summed E-state index contributed by atoms with van der Waals surface area (Å²) in [7, 11) is 0. The SMILES string of the molecule is CCOC(=O)C1=C(C(=O)OCC)C2(C(=O)Nc3ccccc32)C(C(=O)OCC)=C(N)N1C1CCCCC1. The Morgan fingerprint density at radius 1 is 0.919 bits per heavy atom. The lowest BCUT2D eigenvalue weighted by Crippen LogP contribution is -2.55. The highest BCUT2D eigenvalue weighted by Gasteiger charge is 2.63. The molecule has 2 aliphatic heterocycles. The third kappa shape index (κ3) is 4.14. The second kappa shape index (κ2) is 10.7. The molecule has 37 heavy (non-hydrogen) atoms. The molecule has 1 fully saturated rings. The van der Waals surface area contributed by atoms with Crippen molar-refractivity contribution in [2.45, 2.75) is 64.3 Å². The molecule has 0 aromatic heterocycles. The molecule has 4 rings (SSSR count). The first kappa shape index (κ1) is 26.2. The summed E-state index contributed by atoms with van der Waals surface area (Å²) < 4.78 is 16.2. The minimum atomic E-state index is -2.06. The van der Waals surface area contributed by atoms with Crippen molar-refractivity contribution in [3.63, 3.8) is 0 Å². The predicted molar refractivity (Wildman–Crippen MR) is 134 cm³/mol. The number of nitrogens with one attached hydrogen (secondary N) is 1. The Morgan fingerprint density at radius 2 is 1.49 bits per heavy atom. The molecule has 2 heterocycles. The second-order valence-electron chi connectivity index (χ2n) is 9.06. The molecular weight excluding hydrogens is 478 g/mol. The first-order valence-electron chi connectivity index (χ1n) is 12.8. The second-order valence-corrected chi connectivity index (χ2v) is 9.06. The predicted octanol–water partition coefficient (Wildman–Crippen LogP) is 2.64. The summed E-state index contributed by atoms with van der Waals surface area (Å²) in [6, 6.07) is 6.38. The smallest absolute Gasteiger partial charge is 0.355 e. The van der Waals surface area contributed by atoms with E-state index in [0.29, 0.717) is 24.1 Å². The number of esters is 3. The molecule has 1 aromatic rings. The number of nitrogens with two attached hydrogens (primary N) is 1. The van der Waals surface area contributed by atoms with Gasteiger partial charge in [-0.2, -0.15) is 0 Å². The van der Waals surface area contributed by atoms with Gasteiger partial charge in [0.2, 0.25) is 5.91 Å². The summed E-state index contributed by atoms with van der Waals surface area (Å²) in [5.74, 6) is -3.38. The maximum Gasteiger partial charge on any atom is 0.355 e. The summed E-state index contributed by atoms with van der Waals surface area (Å²) >= 11 is 0. The summed E-state index contributed by atoms with van der Waals surface area (Å²) in [5.41, 5.74) is 4.70. The van der Waals surface area contributed by atoms with Crippen LogP contribution < -0.4 is 11.1 Å². The van der Waals surface area contributed by atoms with Crippen molar-refractivity contribution in [2.75, 3.05) is 25.1 Å². The van der Waals surface area contributed by atoms with E-state index in [9.17, 15) is 19.2 Å². The van der Waals surface area contributed by atoms with Crippen LogP contribution in [0.1, 0.15) is 58.4 Å². The van der Waals surface area contributed by atoms with E-state index in [4.69, 9.17) is 19.9 Å². The minimum absolute atomic E-state index is 0.0155. The van der Waals surface area contributed by atoms with E-state index >= 15 is 0 Å². The summed E-state index contributed by atoms with van der Waals surface area (Å²) in [4.78, 5) is 56.5. The van der Waals surface area contributed by atoms with Gasteiger partial charge in [-0.1, -0.05) is 37.5 Å². The molecule has 0 saturated heterocycles. The van der Waals surface area contributed by atoms with Crippen molar-refractivity contribution in [1.29, 1.82) is 0 Å². The van der Waals surface area contributed by atoms with Crippen molar-refractivity contribution in [1.82, 2.24) is 4.90 Å². The van der Waals surface area contributed by atoms with E-state index in [1.54, 1.807) is 45.0 Å². The van der Waals surface area contributed by atoms with Crippen molar-refractivity contribution in [3.8, 4) is 0 Å². The zero-order valence-electron chi connectivity index (χ0n) is 21.4.